The van der Waals surface area contributed by atoms with Gasteiger partial charge in [0.2, 0.25) is 0 Å². The molecule has 3 rings (SSSR count). The molecule has 19 heavy (non-hydrogen) atoms. The maximum absolute atomic E-state index is 11.3. The minimum Gasteiger partial charge on any atom is -0.481 e. The summed E-state index contributed by atoms with van der Waals surface area (Å²) in [5.74, 6) is 1.77. The van der Waals surface area contributed by atoms with Crippen LogP contribution in [0.2, 0.25) is 0 Å². The molecule has 0 aliphatic heterocycles. The average Bonchev–Trinajstić information content (AvgIpc) is 2.65. The van der Waals surface area contributed by atoms with Crippen LogP contribution in [0.3, 0.4) is 0 Å². The summed E-state index contributed by atoms with van der Waals surface area (Å²) in [5, 5.41) is 9.34. The molecule has 2 nitrogen and oxygen atoms in total. The quantitative estimate of drug-likeness (QED) is 0.805. The Morgan fingerprint density at radius 3 is 2.53 bits per heavy atom. The van der Waals surface area contributed by atoms with Gasteiger partial charge in [-0.1, -0.05) is 27.7 Å². The first-order chi connectivity index (χ1) is 8.73. The van der Waals surface area contributed by atoms with E-state index in [0.717, 1.165) is 24.2 Å². The number of hydrogen-bond donors (Lipinski definition) is 1. The molecule has 0 amide bonds. The van der Waals surface area contributed by atoms with Gasteiger partial charge in [0.1, 0.15) is 0 Å². The molecule has 0 aromatic heterocycles. The standard InChI is InChI=1S/C17H28O2/c1-11-5-8-17-9-12(11)15(2,3)13(17)6-7-16(17,4)10-14(18)19/h11-13H,5-10H2,1-4H3,(H,18,19)/t11-,12-,13+,16+,17+/m1/s1. The van der Waals surface area contributed by atoms with Gasteiger partial charge in [-0.2, -0.15) is 0 Å². The lowest BCUT2D eigenvalue weighted by molar-refractivity contribution is -0.142. The summed E-state index contributed by atoms with van der Waals surface area (Å²) in [4.78, 5) is 11.3. The van der Waals surface area contributed by atoms with E-state index in [1.807, 2.05) is 0 Å². The highest BCUT2D eigenvalue weighted by Gasteiger charge is 2.69. The number of aliphatic carboxylic acids is 1. The maximum atomic E-state index is 11.3. The molecule has 0 aromatic rings. The van der Waals surface area contributed by atoms with Crippen LogP contribution in [0.4, 0.5) is 0 Å². The van der Waals surface area contributed by atoms with Crippen molar-refractivity contribution in [3.8, 4) is 0 Å². The minimum absolute atomic E-state index is 0.0374. The van der Waals surface area contributed by atoms with Gasteiger partial charge in [0, 0.05) is 0 Å². The number of fused-ring (bicyclic) bond motifs is 1. The molecule has 2 bridgehead atoms. The number of carboxylic acids is 1. The summed E-state index contributed by atoms with van der Waals surface area (Å²) in [7, 11) is 0. The zero-order valence-corrected chi connectivity index (χ0v) is 12.8. The lowest BCUT2D eigenvalue weighted by atomic mass is 9.57. The predicted molar refractivity (Wildman–Crippen MR) is 75.8 cm³/mol. The van der Waals surface area contributed by atoms with Gasteiger partial charge in [0.25, 0.3) is 0 Å². The van der Waals surface area contributed by atoms with Crippen molar-refractivity contribution in [2.45, 2.75) is 66.2 Å². The molecule has 3 fully saturated rings. The Kier molecular flexibility index (Phi) is 2.67. The van der Waals surface area contributed by atoms with Gasteiger partial charge in [0.15, 0.2) is 0 Å². The van der Waals surface area contributed by atoms with Crippen molar-refractivity contribution in [1.29, 1.82) is 0 Å². The van der Waals surface area contributed by atoms with E-state index in [1.165, 1.54) is 25.7 Å². The fraction of sp³-hybridized carbons (Fsp3) is 0.941. The number of hydrogen-bond acceptors (Lipinski definition) is 1. The molecule has 1 spiro atoms. The van der Waals surface area contributed by atoms with Crippen LogP contribution in [0.5, 0.6) is 0 Å². The third-order valence-corrected chi connectivity index (χ3v) is 7.57. The SMILES string of the molecule is C[C@@H]1CC[C@]23C[C@H]1C(C)(C)[C@@H]2CC[C@@]3(C)CC(=O)O. The van der Waals surface area contributed by atoms with E-state index in [2.05, 4.69) is 27.7 Å². The number of carboxylic acid groups (broad SMARTS) is 1. The van der Waals surface area contributed by atoms with Gasteiger partial charge in [-0.25, -0.2) is 0 Å². The number of rotatable bonds is 2. The molecule has 0 unspecified atom stereocenters. The van der Waals surface area contributed by atoms with E-state index >= 15 is 0 Å². The fourth-order valence-corrected chi connectivity index (χ4v) is 6.59. The Bertz CT molecular complexity index is 413. The van der Waals surface area contributed by atoms with Crippen molar-refractivity contribution in [3.63, 3.8) is 0 Å². The Balaban J connectivity index is 2.02. The summed E-state index contributed by atoms with van der Waals surface area (Å²) in [6, 6.07) is 0. The molecule has 0 aromatic carbocycles. The summed E-state index contributed by atoms with van der Waals surface area (Å²) in [5.41, 5.74) is 0.772. The highest BCUT2D eigenvalue weighted by atomic mass is 16.4. The Labute approximate surface area is 117 Å². The lowest BCUT2D eigenvalue weighted by Gasteiger charge is -2.47. The smallest absolute Gasteiger partial charge is 0.303 e. The van der Waals surface area contributed by atoms with Gasteiger partial charge in [-0.15, -0.1) is 0 Å². The molecule has 0 radical (unpaired) electrons. The monoisotopic (exact) mass is 264 g/mol. The second kappa shape index (κ2) is 3.77. The molecule has 1 N–H and O–H groups in total. The summed E-state index contributed by atoms with van der Waals surface area (Å²) in [6.45, 7) is 9.60. The molecule has 0 heterocycles. The zero-order chi connectivity index (χ0) is 14.1. The largest absolute Gasteiger partial charge is 0.481 e. The van der Waals surface area contributed by atoms with E-state index in [1.54, 1.807) is 0 Å². The van der Waals surface area contributed by atoms with Crippen LogP contribution >= 0.6 is 0 Å². The van der Waals surface area contributed by atoms with Crippen LogP contribution in [0.15, 0.2) is 0 Å². The van der Waals surface area contributed by atoms with Crippen LogP contribution in [0.1, 0.15) is 66.2 Å². The topological polar surface area (TPSA) is 37.3 Å². The van der Waals surface area contributed by atoms with E-state index in [4.69, 9.17) is 0 Å². The van der Waals surface area contributed by atoms with Crippen molar-refractivity contribution in [3.05, 3.63) is 0 Å². The molecule has 0 saturated heterocycles. The molecular weight excluding hydrogens is 236 g/mol. The Morgan fingerprint density at radius 1 is 1.21 bits per heavy atom. The van der Waals surface area contributed by atoms with Crippen molar-refractivity contribution in [2.24, 2.45) is 34.0 Å². The van der Waals surface area contributed by atoms with Gasteiger partial charge in [-0.3, -0.25) is 4.79 Å². The Morgan fingerprint density at radius 2 is 1.89 bits per heavy atom. The van der Waals surface area contributed by atoms with Gasteiger partial charge in [-0.05, 0) is 66.1 Å². The van der Waals surface area contributed by atoms with Gasteiger partial charge < -0.3 is 5.11 Å². The van der Waals surface area contributed by atoms with Crippen LogP contribution in [0.25, 0.3) is 0 Å². The Hall–Kier alpha value is -0.530. The second-order valence-electron chi connectivity index (χ2n) is 8.53. The van der Waals surface area contributed by atoms with E-state index in [-0.39, 0.29) is 5.41 Å². The maximum Gasteiger partial charge on any atom is 0.303 e. The number of carbonyl (C=O) groups is 1. The highest BCUT2D eigenvalue weighted by molar-refractivity contribution is 5.68. The van der Waals surface area contributed by atoms with Gasteiger partial charge in [0.05, 0.1) is 6.42 Å². The van der Waals surface area contributed by atoms with Crippen LogP contribution in [0, 0.1) is 34.0 Å². The zero-order valence-electron chi connectivity index (χ0n) is 12.8. The van der Waals surface area contributed by atoms with Crippen molar-refractivity contribution in [2.75, 3.05) is 0 Å². The molecule has 3 aliphatic carbocycles. The van der Waals surface area contributed by atoms with Crippen molar-refractivity contribution >= 4 is 5.97 Å². The molecule has 3 saturated carbocycles. The third kappa shape index (κ3) is 1.52. The lowest BCUT2D eigenvalue weighted by Crippen LogP contribution is -2.41. The predicted octanol–water partition coefficient (Wildman–Crippen LogP) is 4.34. The molecule has 3 aliphatic rings. The third-order valence-electron chi connectivity index (χ3n) is 7.57. The van der Waals surface area contributed by atoms with Crippen molar-refractivity contribution in [1.82, 2.24) is 0 Å². The van der Waals surface area contributed by atoms with Crippen LogP contribution in [-0.2, 0) is 4.79 Å². The van der Waals surface area contributed by atoms with Crippen molar-refractivity contribution < 1.29 is 9.90 Å². The molecule has 5 atom stereocenters. The average molecular weight is 264 g/mol. The fourth-order valence-electron chi connectivity index (χ4n) is 6.59. The van der Waals surface area contributed by atoms with E-state index < -0.39 is 5.97 Å². The first kappa shape index (κ1) is 13.5. The van der Waals surface area contributed by atoms with E-state index in [0.29, 0.717) is 17.3 Å². The highest BCUT2D eigenvalue weighted by Crippen LogP contribution is 2.76. The molecular formula is C17H28O2. The van der Waals surface area contributed by atoms with Crippen LogP contribution < -0.4 is 0 Å². The second-order valence-corrected chi connectivity index (χ2v) is 8.53. The van der Waals surface area contributed by atoms with E-state index in [9.17, 15) is 9.90 Å². The summed E-state index contributed by atoms with van der Waals surface area (Å²) < 4.78 is 0. The van der Waals surface area contributed by atoms with Gasteiger partial charge >= 0.3 is 5.97 Å². The first-order valence-electron chi connectivity index (χ1n) is 7.95. The summed E-state index contributed by atoms with van der Waals surface area (Å²) in [6.07, 6.45) is 6.60. The minimum atomic E-state index is -0.600. The summed E-state index contributed by atoms with van der Waals surface area (Å²) >= 11 is 0. The normalized spacial score (nSPS) is 51.1. The first-order valence-corrected chi connectivity index (χ1v) is 7.95. The van der Waals surface area contributed by atoms with Crippen LogP contribution in [-0.4, -0.2) is 11.1 Å². The molecule has 2 heteroatoms. The molecule has 108 valence electrons.